The minimum Gasteiger partial charge on any atom is -0.348 e. The van der Waals surface area contributed by atoms with E-state index in [9.17, 15) is 9.59 Å². The fraction of sp³-hybridized carbons (Fsp3) is 0.625. The highest BCUT2D eigenvalue weighted by Gasteiger charge is 2.20. The van der Waals surface area contributed by atoms with Gasteiger partial charge in [0.25, 0.3) is 11.5 Å². The Morgan fingerprint density at radius 1 is 1.19 bits per heavy atom. The topological polar surface area (TPSA) is 74.0 Å². The predicted octanol–water partition coefficient (Wildman–Crippen LogP) is 1.13. The zero-order chi connectivity index (χ0) is 14.7. The van der Waals surface area contributed by atoms with Gasteiger partial charge in [0.05, 0.1) is 0 Å². The molecule has 21 heavy (non-hydrogen) atoms. The van der Waals surface area contributed by atoms with E-state index in [4.69, 9.17) is 0 Å². The third kappa shape index (κ3) is 3.35. The van der Waals surface area contributed by atoms with Crippen LogP contribution in [0, 0.1) is 0 Å². The third-order valence-electron chi connectivity index (χ3n) is 4.46. The van der Waals surface area contributed by atoms with E-state index in [1.54, 1.807) is 0 Å². The molecule has 1 amide bonds. The van der Waals surface area contributed by atoms with E-state index in [1.807, 2.05) is 6.07 Å². The van der Waals surface area contributed by atoms with E-state index < -0.39 is 0 Å². The standard InChI is InChI=1S/C16H23N3O2/c20-15(18-12-6-4-8-17-10-12)13-9-11-5-2-1-3-7-14(11)19-16(13)21/h9,12,17H,1-8,10H2,(H,18,20)(H,19,21)/t12-/m0/s1. The molecule has 1 atom stereocenters. The second kappa shape index (κ2) is 6.43. The lowest BCUT2D eigenvalue weighted by Crippen LogP contribution is -2.46. The molecule has 1 aliphatic heterocycles. The number of fused-ring (bicyclic) bond motifs is 1. The molecular formula is C16H23N3O2. The Hall–Kier alpha value is -1.62. The number of piperidine rings is 1. The number of aromatic amines is 1. The Morgan fingerprint density at radius 3 is 2.86 bits per heavy atom. The number of rotatable bonds is 2. The van der Waals surface area contributed by atoms with Gasteiger partial charge in [-0.15, -0.1) is 0 Å². The van der Waals surface area contributed by atoms with Crippen LogP contribution in [-0.4, -0.2) is 30.0 Å². The molecule has 3 rings (SSSR count). The lowest BCUT2D eigenvalue weighted by Gasteiger charge is -2.23. The second-order valence-electron chi connectivity index (χ2n) is 6.09. The molecule has 1 saturated heterocycles. The Morgan fingerprint density at radius 2 is 2.05 bits per heavy atom. The zero-order valence-corrected chi connectivity index (χ0v) is 12.3. The monoisotopic (exact) mass is 289 g/mol. The molecule has 0 radical (unpaired) electrons. The molecule has 114 valence electrons. The SMILES string of the molecule is O=C(N[C@H]1CCCNC1)c1cc2c([nH]c1=O)CCCCC2. The van der Waals surface area contributed by atoms with Crippen LogP contribution in [0.4, 0.5) is 0 Å². The molecule has 2 aliphatic rings. The number of hydrogen-bond acceptors (Lipinski definition) is 3. The number of carbonyl (C=O) groups excluding carboxylic acids is 1. The average molecular weight is 289 g/mol. The first-order valence-corrected chi connectivity index (χ1v) is 8.00. The number of amides is 1. The molecule has 1 aromatic rings. The summed E-state index contributed by atoms with van der Waals surface area (Å²) in [6.45, 7) is 1.79. The van der Waals surface area contributed by atoms with Crippen molar-refractivity contribution in [2.75, 3.05) is 13.1 Å². The van der Waals surface area contributed by atoms with E-state index in [0.717, 1.165) is 62.9 Å². The Kier molecular flexibility index (Phi) is 4.39. The largest absolute Gasteiger partial charge is 0.348 e. The average Bonchev–Trinajstić information content (AvgIpc) is 2.72. The molecule has 0 bridgehead atoms. The van der Waals surface area contributed by atoms with Crippen molar-refractivity contribution in [1.29, 1.82) is 0 Å². The van der Waals surface area contributed by atoms with Gasteiger partial charge in [0.2, 0.25) is 0 Å². The van der Waals surface area contributed by atoms with Crippen molar-refractivity contribution in [3.8, 4) is 0 Å². The summed E-state index contributed by atoms with van der Waals surface area (Å²) in [5.41, 5.74) is 2.17. The lowest BCUT2D eigenvalue weighted by molar-refractivity contribution is 0.0929. The first-order valence-electron chi connectivity index (χ1n) is 8.00. The molecule has 0 unspecified atom stereocenters. The maximum Gasteiger partial charge on any atom is 0.261 e. The van der Waals surface area contributed by atoms with Crippen LogP contribution in [0.5, 0.6) is 0 Å². The van der Waals surface area contributed by atoms with Crippen molar-refractivity contribution in [2.45, 2.75) is 51.0 Å². The van der Waals surface area contributed by atoms with Gasteiger partial charge < -0.3 is 15.6 Å². The van der Waals surface area contributed by atoms with Crippen molar-refractivity contribution in [3.05, 3.63) is 33.2 Å². The van der Waals surface area contributed by atoms with Crippen LogP contribution in [0.2, 0.25) is 0 Å². The van der Waals surface area contributed by atoms with Gasteiger partial charge in [-0.3, -0.25) is 9.59 Å². The Labute approximate surface area is 124 Å². The summed E-state index contributed by atoms with van der Waals surface area (Å²) < 4.78 is 0. The molecule has 0 saturated carbocycles. The van der Waals surface area contributed by atoms with Crippen molar-refractivity contribution < 1.29 is 4.79 Å². The predicted molar refractivity (Wildman–Crippen MR) is 81.7 cm³/mol. The number of H-pyrrole nitrogens is 1. The fourth-order valence-electron chi connectivity index (χ4n) is 3.26. The van der Waals surface area contributed by atoms with Gasteiger partial charge in [-0.05, 0) is 56.7 Å². The first-order chi connectivity index (χ1) is 10.2. The summed E-state index contributed by atoms with van der Waals surface area (Å²) in [5, 5.41) is 6.24. The lowest BCUT2D eigenvalue weighted by atomic mass is 10.0. The molecular weight excluding hydrogens is 266 g/mol. The Bertz CT molecular complexity index is 573. The second-order valence-corrected chi connectivity index (χ2v) is 6.09. The van der Waals surface area contributed by atoms with E-state index in [-0.39, 0.29) is 23.1 Å². The van der Waals surface area contributed by atoms with Gasteiger partial charge in [-0.25, -0.2) is 0 Å². The number of carbonyl (C=O) groups is 1. The fourth-order valence-corrected chi connectivity index (χ4v) is 3.26. The molecule has 1 aliphatic carbocycles. The quantitative estimate of drug-likeness (QED) is 0.714. The summed E-state index contributed by atoms with van der Waals surface area (Å²) in [5.74, 6) is -0.239. The van der Waals surface area contributed by atoms with Crippen molar-refractivity contribution in [3.63, 3.8) is 0 Å². The van der Waals surface area contributed by atoms with Crippen LogP contribution in [0.15, 0.2) is 10.9 Å². The van der Waals surface area contributed by atoms with E-state index in [1.165, 1.54) is 6.42 Å². The van der Waals surface area contributed by atoms with Crippen LogP contribution >= 0.6 is 0 Å². The van der Waals surface area contributed by atoms with Gasteiger partial charge in [0.1, 0.15) is 5.56 Å². The maximum atomic E-state index is 12.3. The summed E-state index contributed by atoms with van der Waals surface area (Å²) in [7, 11) is 0. The molecule has 1 fully saturated rings. The molecule has 3 N–H and O–H groups in total. The molecule has 1 aromatic heterocycles. The normalized spacial score (nSPS) is 22.2. The van der Waals surface area contributed by atoms with E-state index in [2.05, 4.69) is 15.6 Å². The molecule has 5 nitrogen and oxygen atoms in total. The molecule has 5 heteroatoms. The van der Waals surface area contributed by atoms with Crippen LogP contribution in [0.1, 0.15) is 53.7 Å². The number of aryl methyl sites for hydroxylation is 2. The summed E-state index contributed by atoms with van der Waals surface area (Å²) in [6.07, 6.45) is 7.34. The van der Waals surface area contributed by atoms with Gasteiger partial charge in [-0.2, -0.15) is 0 Å². The maximum absolute atomic E-state index is 12.3. The van der Waals surface area contributed by atoms with Crippen molar-refractivity contribution in [1.82, 2.24) is 15.6 Å². The van der Waals surface area contributed by atoms with Gasteiger partial charge >= 0.3 is 0 Å². The van der Waals surface area contributed by atoms with Crippen LogP contribution in [0.3, 0.4) is 0 Å². The smallest absolute Gasteiger partial charge is 0.261 e. The first kappa shape index (κ1) is 14.3. The number of hydrogen-bond donors (Lipinski definition) is 3. The summed E-state index contributed by atoms with van der Waals surface area (Å²) in [6, 6.07) is 1.94. The van der Waals surface area contributed by atoms with Crippen LogP contribution < -0.4 is 16.2 Å². The van der Waals surface area contributed by atoms with Gasteiger partial charge in [0.15, 0.2) is 0 Å². The summed E-state index contributed by atoms with van der Waals surface area (Å²) in [4.78, 5) is 27.4. The highest BCUT2D eigenvalue weighted by atomic mass is 16.2. The van der Waals surface area contributed by atoms with Crippen molar-refractivity contribution >= 4 is 5.91 Å². The number of pyridine rings is 1. The number of aromatic nitrogens is 1. The highest BCUT2D eigenvalue weighted by molar-refractivity contribution is 5.94. The number of nitrogens with one attached hydrogen (secondary N) is 3. The minimum atomic E-state index is -0.253. The van der Waals surface area contributed by atoms with Gasteiger partial charge in [0, 0.05) is 18.3 Å². The molecule has 0 spiro atoms. The van der Waals surface area contributed by atoms with Crippen molar-refractivity contribution in [2.24, 2.45) is 0 Å². The minimum absolute atomic E-state index is 0.129. The zero-order valence-electron chi connectivity index (χ0n) is 12.3. The highest BCUT2D eigenvalue weighted by Crippen LogP contribution is 2.18. The van der Waals surface area contributed by atoms with E-state index in [0.29, 0.717) is 0 Å². The summed E-state index contributed by atoms with van der Waals surface area (Å²) >= 11 is 0. The van der Waals surface area contributed by atoms with E-state index >= 15 is 0 Å². The molecule has 2 heterocycles. The van der Waals surface area contributed by atoms with Gasteiger partial charge in [-0.1, -0.05) is 6.42 Å². The van der Waals surface area contributed by atoms with Crippen LogP contribution in [0.25, 0.3) is 0 Å². The third-order valence-corrected chi connectivity index (χ3v) is 4.46. The molecule has 0 aromatic carbocycles. The Balaban J connectivity index is 1.79. The van der Waals surface area contributed by atoms with Crippen LogP contribution in [-0.2, 0) is 12.8 Å².